The molecule has 0 unspecified atom stereocenters. The summed E-state index contributed by atoms with van der Waals surface area (Å²) in [6.07, 6.45) is 0.879. The van der Waals surface area contributed by atoms with Gasteiger partial charge < -0.3 is 10.4 Å². The van der Waals surface area contributed by atoms with Gasteiger partial charge in [-0.25, -0.2) is 0 Å². The van der Waals surface area contributed by atoms with Gasteiger partial charge in [-0.1, -0.05) is 6.92 Å². The molecule has 80 valence electrons. The van der Waals surface area contributed by atoms with Crippen molar-refractivity contribution >= 4 is 0 Å². The Balaban J connectivity index is 3.54. The van der Waals surface area contributed by atoms with E-state index in [-0.39, 0.29) is 0 Å². The van der Waals surface area contributed by atoms with Gasteiger partial charge in [-0.05, 0) is 26.8 Å². The fraction of sp³-hybridized carbons (Fsp3) is 1.00. The van der Waals surface area contributed by atoms with Crippen LogP contribution in [-0.4, -0.2) is 48.8 Å². The smallest absolute Gasteiger partial charge is 0.0443 e. The summed E-state index contributed by atoms with van der Waals surface area (Å²) in [5, 5.41) is 12.0. The molecule has 0 spiro atoms. The van der Waals surface area contributed by atoms with Crippen molar-refractivity contribution in [2.45, 2.75) is 33.2 Å². The molecule has 0 saturated heterocycles. The van der Waals surface area contributed by atoms with Crippen LogP contribution in [0.3, 0.4) is 0 Å². The van der Waals surface area contributed by atoms with E-state index in [1.54, 1.807) is 0 Å². The molecule has 0 saturated carbocycles. The molecule has 0 radical (unpaired) electrons. The van der Waals surface area contributed by atoms with E-state index in [1.165, 1.54) is 0 Å². The molecule has 0 atom stereocenters. The van der Waals surface area contributed by atoms with Gasteiger partial charge in [0.05, 0.1) is 0 Å². The molecular weight excluding hydrogens is 164 g/mol. The zero-order valence-corrected chi connectivity index (χ0v) is 9.21. The first kappa shape index (κ1) is 12.9. The summed E-state index contributed by atoms with van der Waals surface area (Å²) in [5.74, 6) is 0. The molecule has 0 fully saturated rings. The Morgan fingerprint density at radius 3 is 2.46 bits per heavy atom. The summed E-state index contributed by atoms with van der Waals surface area (Å²) in [6.45, 7) is 11.0. The molecule has 0 aliphatic rings. The molecule has 2 N–H and O–H groups in total. The Kier molecular flexibility index (Phi) is 8.40. The van der Waals surface area contributed by atoms with Gasteiger partial charge in [0.15, 0.2) is 0 Å². The summed E-state index contributed by atoms with van der Waals surface area (Å²) in [5.41, 5.74) is 0. The van der Waals surface area contributed by atoms with Gasteiger partial charge in [0.2, 0.25) is 0 Å². The quantitative estimate of drug-likeness (QED) is 0.550. The summed E-state index contributed by atoms with van der Waals surface area (Å²) in [6, 6.07) is 0.574. The lowest BCUT2D eigenvalue weighted by Crippen LogP contribution is -2.37. The Bertz CT molecular complexity index is 107. The average molecular weight is 188 g/mol. The number of nitrogens with zero attached hydrogens (tertiary/aromatic N) is 1. The highest BCUT2D eigenvalue weighted by molar-refractivity contribution is 4.63. The van der Waals surface area contributed by atoms with E-state index in [2.05, 4.69) is 31.0 Å². The molecule has 0 aromatic heterocycles. The predicted octanol–water partition coefficient (Wildman–Crippen LogP) is 0.689. The van der Waals surface area contributed by atoms with Crippen molar-refractivity contribution < 1.29 is 5.11 Å². The zero-order valence-electron chi connectivity index (χ0n) is 9.21. The molecule has 3 heteroatoms. The van der Waals surface area contributed by atoms with Crippen molar-refractivity contribution in [3.05, 3.63) is 0 Å². The monoisotopic (exact) mass is 188 g/mol. The SMILES string of the molecule is CCNCCN(CCCO)C(C)C. The van der Waals surface area contributed by atoms with Crippen molar-refractivity contribution in [2.75, 3.05) is 32.8 Å². The molecular formula is C10H24N2O. The normalized spacial score (nSPS) is 11.5. The van der Waals surface area contributed by atoms with Crippen LogP contribution in [0.5, 0.6) is 0 Å². The first-order valence-corrected chi connectivity index (χ1v) is 5.28. The molecule has 0 rings (SSSR count). The number of nitrogens with one attached hydrogen (secondary N) is 1. The van der Waals surface area contributed by atoms with Crippen molar-refractivity contribution in [1.82, 2.24) is 10.2 Å². The maximum Gasteiger partial charge on any atom is 0.0443 e. The van der Waals surface area contributed by atoms with Crippen LogP contribution in [0.25, 0.3) is 0 Å². The van der Waals surface area contributed by atoms with E-state index < -0.39 is 0 Å². The number of likely N-dealkylation sites (N-methyl/N-ethyl adjacent to an activating group) is 1. The summed E-state index contributed by atoms with van der Waals surface area (Å²) < 4.78 is 0. The van der Waals surface area contributed by atoms with Crippen molar-refractivity contribution in [3.63, 3.8) is 0 Å². The summed E-state index contributed by atoms with van der Waals surface area (Å²) >= 11 is 0. The van der Waals surface area contributed by atoms with Gasteiger partial charge in [-0.3, -0.25) is 4.90 Å². The number of aliphatic hydroxyl groups is 1. The molecule has 13 heavy (non-hydrogen) atoms. The first-order valence-electron chi connectivity index (χ1n) is 5.28. The zero-order chi connectivity index (χ0) is 10.1. The summed E-state index contributed by atoms with van der Waals surface area (Å²) in [4.78, 5) is 2.39. The van der Waals surface area contributed by atoms with Gasteiger partial charge in [-0.15, -0.1) is 0 Å². The van der Waals surface area contributed by atoms with Crippen LogP contribution in [-0.2, 0) is 0 Å². The van der Waals surface area contributed by atoms with Crippen LogP contribution < -0.4 is 5.32 Å². The fourth-order valence-electron chi connectivity index (χ4n) is 1.30. The third kappa shape index (κ3) is 6.99. The van der Waals surface area contributed by atoms with E-state index in [1.807, 2.05) is 0 Å². The van der Waals surface area contributed by atoms with Crippen molar-refractivity contribution in [2.24, 2.45) is 0 Å². The van der Waals surface area contributed by atoms with E-state index in [9.17, 15) is 0 Å². The molecule has 0 aliphatic carbocycles. The highest BCUT2D eigenvalue weighted by Crippen LogP contribution is 1.98. The maximum absolute atomic E-state index is 8.73. The van der Waals surface area contributed by atoms with E-state index in [4.69, 9.17) is 5.11 Å². The van der Waals surface area contributed by atoms with E-state index in [0.29, 0.717) is 12.6 Å². The molecule has 0 heterocycles. The summed E-state index contributed by atoms with van der Waals surface area (Å²) in [7, 11) is 0. The number of rotatable bonds is 8. The van der Waals surface area contributed by atoms with Gasteiger partial charge in [-0.2, -0.15) is 0 Å². The van der Waals surface area contributed by atoms with E-state index in [0.717, 1.165) is 32.6 Å². The highest BCUT2D eigenvalue weighted by atomic mass is 16.3. The van der Waals surface area contributed by atoms with Gasteiger partial charge in [0.1, 0.15) is 0 Å². The van der Waals surface area contributed by atoms with Crippen LogP contribution in [0.1, 0.15) is 27.2 Å². The molecule has 0 aromatic rings. The lowest BCUT2D eigenvalue weighted by atomic mass is 10.3. The minimum Gasteiger partial charge on any atom is -0.396 e. The minimum absolute atomic E-state index is 0.296. The lowest BCUT2D eigenvalue weighted by molar-refractivity contribution is 0.192. The second-order valence-corrected chi connectivity index (χ2v) is 3.56. The standard InChI is InChI=1S/C10H24N2O/c1-4-11-6-8-12(10(2)3)7-5-9-13/h10-11,13H,4-9H2,1-3H3. The Morgan fingerprint density at radius 1 is 1.31 bits per heavy atom. The van der Waals surface area contributed by atoms with Crippen LogP contribution in [0.15, 0.2) is 0 Å². The molecule has 0 amide bonds. The lowest BCUT2D eigenvalue weighted by Gasteiger charge is -2.26. The average Bonchev–Trinajstić information content (AvgIpc) is 2.10. The van der Waals surface area contributed by atoms with Crippen LogP contribution in [0.4, 0.5) is 0 Å². The van der Waals surface area contributed by atoms with Crippen molar-refractivity contribution in [1.29, 1.82) is 0 Å². The third-order valence-electron chi connectivity index (χ3n) is 2.16. The van der Waals surface area contributed by atoms with Crippen LogP contribution in [0.2, 0.25) is 0 Å². The molecule has 0 bridgehead atoms. The maximum atomic E-state index is 8.73. The second-order valence-electron chi connectivity index (χ2n) is 3.56. The van der Waals surface area contributed by atoms with Crippen LogP contribution in [0, 0.1) is 0 Å². The minimum atomic E-state index is 0.296. The predicted molar refractivity (Wildman–Crippen MR) is 57.0 cm³/mol. The number of hydrogen-bond donors (Lipinski definition) is 2. The van der Waals surface area contributed by atoms with Gasteiger partial charge in [0, 0.05) is 32.3 Å². The van der Waals surface area contributed by atoms with Crippen molar-refractivity contribution in [3.8, 4) is 0 Å². The van der Waals surface area contributed by atoms with Gasteiger partial charge >= 0.3 is 0 Å². The molecule has 0 aromatic carbocycles. The number of aliphatic hydroxyl groups excluding tert-OH is 1. The van der Waals surface area contributed by atoms with E-state index >= 15 is 0 Å². The number of hydrogen-bond acceptors (Lipinski definition) is 3. The van der Waals surface area contributed by atoms with Gasteiger partial charge in [0.25, 0.3) is 0 Å². The Labute approximate surface area is 82.1 Å². The molecule has 0 aliphatic heterocycles. The third-order valence-corrected chi connectivity index (χ3v) is 2.16. The highest BCUT2D eigenvalue weighted by Gasteiger charge is 2.07. The molecule has 3 nitrogen and oxygen atoms in total. The largest absolute Gasteiger partial charge is 0.396 e. The second kappa shape index (κ2) is 8.48. The Hall–Kier alpha value is -0.120. The fourth-order valence-corrected chi connectivity index (χ4v) is 1.30. The van der Waals surface area contributed by atoms with Crippen LogP contribution >= 0.6 is 0 Å². The Morgan fingerprint density at radius 2 is 2.00 bits per heavy atom. The first-order chi connectivity index (χ1) is 6.22. The topological polar surface area (TPSA) is 35.5 Å².